The van der Waals surface area contributed by atoms with Gasteiger partial charge in [-0.05, 0) is 49.7 Å². The Morgan fingerprint density at radius 3 is 2.44 bits per heavy atom. The Morgan fingerprint density at radius 1 is 1.12 bits per heavy atom. The first-order chi connectivity index (χ1) is 12.0. The molecular weight excluding hydrogens is 316 g/mol. The summed E-state index contributed by atoms with van der Waals surface area (Å²) in [6.07, 6.45) is 2.80. The lowest BCUT2D eigenvalue weighted by Gasteiger charge is -2.35. The van der Waals surface area contributed by atoms with Gasteiger partial charge in [-0.1, -0.05) is 26.0 Å². The number of para-hydroxylation sites is 1. The van der Waals surface area contributed by atoms with Crippen molar-refractivity contribution in [2.24, 2.45) is 17.8 Å². The molecule has 5 nitrogen and oxygen atoms in total. The molecular formula is C20H28N2O3. The molecule has 2 amide bonds. The average molecular weight is 344 g/mol. The third-order valence-corrected chi connectivity index (χ3v) is 5.39. The number of anilines is 1. The normalized spacial score (nSPS) is 29.5. The third-order valence-electron chi connectivity index (χ3n) is 5.39. The molecule has 5 heteroatoms. The summed E-state index contributed by atoms with van der Waals surface area (Å²) in [6, 6.07) is 7.18. The standard InChI is InChI=1S/C20H28N2O3/c1-13-10-14(2)12-22(11-13)20(25)15-6-3-4-8-17(15)21-19(24)16-7-5-9-18(16)23/h3-4,6,8,13-14,16,18,23H,5,7,9-12H2,1-2H3,(H,21,24). The van der Waals surface area contributed by atoms with E-state index in [-0.39, 0.29) is 17.7 Å². The number of hydrogen-bond acceptors (Lipinski definition) is 3. The Hall–Kier alpha value is -1.88. The minimum atomic E-state index is -0.577. The van der Waals surface area contributed by atoms with Gasteiger partial charge in [-0.3, -0.25) is 9.59 Å². The van der Waals surface area contributed by atoms with Gasteiger partial charge in [-0.15, -0.1) is 0 Å². The fraction of sp³-hybridized carbons (Fsp3) is 0.600. The number of nitrogens with one attached hydrogen (secondary N) is 1. The van der Waals surface area contributed by atoms with Gasteiger partial charge in [0.05, 0.1) is 23.3 Å². The molecule has 4 unspecified atom stereocenters. The van der Waals surface area contributed by atoms with Gasteiger partial charge >= 0.3 is 0 Å². The quantitative estimate of drug-likeness (QED) is 0.886. The van der Waals surface area contributed by atoms with Crippen molar-refractivity contribution < 1.29 is 14.7 Å². The first kappa shape index (κ1) is 17.9. The van der Waals surface area contributed by atoms with E-state index in [0.29, 0.717) is 35.9 Å². The molecule has 0 aromatic heterocycles. The van der Waals surface area contributed by atoms with E-state index in [4.69, 9.17) is 0 Å². The van der Waals surface area contributed by atoms with Crippen LogP contribution in [0.3, 0.4) is 0 Å². The van der Waals surface area contributed by atoms with E-state index in [2.05, 4.69) is 19.2 Å². The molecule has 136 valence electrons. The van der Waals surface area contributed by atoms with E-state index in [1.165, 1.54) is 0 Å². The van der Waals surface area contributed by atoms with Crippen LogP contribution in [0.5, 0.6) is 0 Å². The topological polar surface area (TPSA) is 69.6 Å². The summed E-state index contributed by atoms with van der Waals surface area (Å²) < 4.78 is 0. The molecule has 1 aliphatic heterocycles. The SMILES string of the molecule is CC1CC(C)CN(C(=O)c2ccccc2NC(=O)C2CCCC2O)C1. The van der Waals surface area contributed by atoms with Crippen molar-refractivity contribution in [3.8, 4) is 0 Å². The summed E-state index contributed by atoms with van der Waals surface area (Å²) in [5.74, 6) is 0.385. The molecule has 25 heavy (non-hydrogen) atoms. The number of benzene rings is 1. The summed E-state index contributed by atoms with van der Waals surface area (Å²) in [5.41, 5.74) is 1.08. The Balaban J connectivity index is 1.76. The summed E-state index contributed by atoms with van der Waals surface area (Å²) >= 11 is 0. The van der Waals surface area contributed by atoms with Crippen LogP contribution in [0.2, 0.25) is 0 Å². The predicted octanol–water partition coefficient (Wildman–Crippen LogP) is 2.90. The largest absolute Gasteiger partial charge is 0.392 e. The van der Waals surface area contributed by atoms with Gasteiger partial charge in [0.15, 0.2) is 0 Å². The van der Waals surface area contributed by atoms with Crippen LogP contribution >= 0.6 is 0 Å². The zero-order chi connectivity index (χ0) is 18.0. The minimum absolute atomic E-state index is 0.0266. The molecule has 1 saturated carbocycles. The Labute approximate surface area is 149 Å². The Morgan fingerprint density at radius 2 is 1.80 bits per heavy atom. The maximum absolute atomic E-state index is 13.0. The van der Waals surface area contributed by atoms with Crippen molar-refractivity contribution in [3.63, 3.8) is 0 Å². The van der Waals surface area contributed by atoms with E-state index in [9.17, 15) is 14.7 Å². The Kier molecular flexibility index (Phi) is 5.42. The van der Waals surface area contributed by atoms with E-state index in [1.807, 2.05) is 17.0 Å². The van der Waals surface area contributed by atoms with Crippen molar-refractivity contribution >= 4 is 17.5 Å². The van der Waals surface area contributed by atoms with Gasteiger partial charge in [-0.2, -0.15) is 0 Å². The minimum Gasteiger partial charge on any atom is -0.392 e. The van der Waals surface area contributed by atoms with Crippen molar-refractivity contribution in [2.45, 2.75) is 45.6 Å². The second kappa shape index (κ2) is 7.56. The van der Waals surface area contributed by atoms with Gasteiger partial charge in [0, 0.05) is 13.1 Å². The molecule has 1 aromatic rings. The molecule has 1 aliphatic carbocycles. The zero-order valence-corrected chi connectivity index (χ0v) is 15.1. The summed E-state index contributed by atoms with van der Waals surface area (Å²) in [5, 5.41) is 12.8. The van der Waals surface area contributed by atoms with Crippen LogP contribution in [-0.2, 0) is 4.79 Å². The highest BCUT2D eigenvalue weighted by Crippen LogP contribution is 2.28. The smallest absolute Gasteiger partial charge is 0.255 e. The highest BCUT2D eigenvalue weighted by Gasteiger charge is 2.32. The molecule has 1 heterocycles. The van der Waals surface area contributed by atoms with Crippen molar-refractivity contribution in [1.82, 2.24) is 4.90 Å². The molecule has 1 aromatic carbocycles. The number of aliphatic hydroxyl groups is 1. The number of rotatable bonds is 3. The first-order valence-electron chi connectivity index (χ1n) is 9.33. The van der Waals surface area contributed by atoms with Crippen molar-refractivity contribution in [1.29, 1.82) is 0 Å². The fourth-order valence-electron chi connectivity index (χ4n) is 4.25. The maximum atomic E-state index is 13.0. The lowest BCUT2D eigenvalue weighted by Crippen LogP contribution is -2.43. The number of carbonyl (C=O) groups is 2. The highest BCUT2D eigenvalue weighted by atomic mass is 16.3. The maximum Gasteiger partial charge on any atom is 0.255 e. The van der Waals surface area contributed by atoms with Gasteiger partial charge in [-0.25, -0.2) is 0 Å². The van der Waals surface area contributed by atoms with Gasteiger partial charge in [0.1, 0.15) is 0 Å². The van der Waals surface area contributed by atoms with Gasteiger partial charge in [0.2, 0.25) is 5.91 Å². The van der Waals surface area contributed by atoms with Crippen LogP contribution in [0.1, 0.15) is 49.9 Å². The van der Waals surface area contributed by atoms with Crippen molar-refractivity contribution in [3.05, 3.63) is 29.8 Å². The van der Waals surface area contributed by atoms with E-state index in [0.717, 1.165) is 25.9 Å². The molecule has 2 fully saturated rings. The third kappa shape index (κ3) is 4.03. The molecule has 0 spiro atoms. The number of carbonyl (C=O) groups excluding carboxylic acids is 2. The highest BCUT2D eigenvalue weighted by molar-refractivity contribution is 6.04. The molecule has 1 saturated heterocycles. The van der Waals surface area contributed by atoms with Gasteiger partial charge in [0.25, 0.3) is 5.91 Å². The zero-order valence-electron chi connectivity index (χ0n) is 15.1. The number of piperidine rings is 1. The number of nitrogens with zero attached hydrogens (tertiary/aromatic N) is 1. The van der Waals surface area contributed by atoms with Crippen LogP contribution < -0.4 is 5.32 Å². The second-order valence-corrected chi connectivity index (χ2v) is 7.80. The van der Waals surface area contributed by atoms with Gasteiger partial charge < -0.3 is 15.3 Å². The lowest BCUT2D eigenvalue weighted by atomic mass is 9.91. The molecule has 2 aliphatic rings. The number of amides is 2. The second-order valence-electron chi connectivity index (χ2n) is 7.80. The molecule has 4 atom stereocenters. The number of likely N-dealkylation sites (tertiary alicyclic amines) is 1. The molecule has 3 rings (SSSR count). The monoisotopic (exact) mass is 344 g/mol. The van der Waals surface area contributed by atoms with E-state index >= 15 is 0 Å². The van der Waals surface area contributed by atoms with Crippen LogP contribution in [0.15, 0.2) is 24.3 Å². The first-order valence-corrected chi connectivity index (χ1v) is 9.33. The fourth-order valence-corrected chi connectivity index (χ4v) is 4.25. The van der Waals surface area contributed by atoms with Crippen LogP contribution in [0.4, 0.5) is 5.69 Å². The Bertz CT molecular complexity index is 636. The summed E-state index contributed by atoms with van der Waals surface area (Å²) in [7, 11) is 0. The van der Waals surface area contributed by atoms with Crippen LogP contribution in [0, 0.1) is 17.8 Å². The lowest BCUT2D eigenvalue weighted by molar-refractivity contribution is -0.122. The predicted molar refractivity (Wildman–Crippen MR) is 97.3 cm³/mol. The average Bonchev–Trinajstić information content (AvgIpc) is 3.00. The molecule has 0 radical (unpaired) electrons. The van der Waals surface area contributed by atoms with Crippen LogP contribution in [0.25, 0.3) is 0 Å². The number of aliphatic hydroxyl groups excluding tert-OH is 1. The van der Waals surface area contributed by atoms with E-state index < -0.39 is 6.10 Å². The van der Waals surface area contributed by atoms with Crippen molar-refractivity contribution in [2.75, 3.05) is 18.4 Å². The summed E-state index contributed by atoms with van der Waals surface area (Å²) in [4.78, 5) is 27.4. The molecule has 2 N–H and O–H groups in total. The van der Waals surface area contributed by atoms with E-state index in [1.54, 1.807) is 12.1 Å². The van der Waals surface area contributed by atoms with Crippen LogP contribution in [-0.4, -0.2) is 41.0 Å². The number of hydrogen-bond donors (Lipinski definition) is 2. The molecule has 0 bridgehead atoms. The summed E-state index contributed by atoms with van der Waals surface area (Å²) in [6.45, 7) is 5.86.